The van der Waals surface area contributed by atoms with Crippen LogP contribution in [0, 0.1) is 5.82 Å². The van der Waals surface area contributed by atoms with E-state index in [1.165, 1.54) is 24.3 Å². The van der Waals surface area contributed by atoms with E-state index < -0.39 is 0 Å². The third-order valence-corrected chi connectivity index (χ3v) is 3.96. The van der Waals surface area contributed by atoms with Crippen LogP contribution in [0.1, 0.15) is 16.1 Å². The Morgan fingerprint density at radius 2 is 1.85 bits per heavy atom. The number of hydrogen-bond acceptors (Lipinski definition) is 3. The second-order valence-electron chi connectivity index (χ2n) is 5.70. The van der Waals surface area contributed by atoms with E-state index in [1.807, 2.05) is 24.3 Å². The first-order valence-electron chi connectivity index (χ1n) is 8.11. The summed E-state index contributed by atoms with van der Waals surface area (Å²) in [7, 11) is 0. The lowest BCUT2D eigenvalue weighted by Gasteiger charge is -2.09. The van der Waals surface area contributed by atoms with E-state index in [2.05, 4.69) is 15.6 Å². The van der Waals surface area contributed by atoms with Crippen LogP contribution in [0.3, 0.4) is 0 Å². The molecule has 0 aliphatic heterocycles. The summed E-state index contributed by atoms with van der Waals surface area (Å²) in [5.74, 6) is -0.706. The second-order valence-corrected chi connectivity index (χ2v) is 6.13. The zero-order chi connectivity index (χ0) is 18.4. The van der Waals surface area contributed by atoms with Gasteiger partial charge in [-0.1, -0.05) is 23.7 Å². The van der Waals surface area contributed by atoms with Gasteiger partial charge in [0.1, 0.15) is 11.5 Å². The first-order chi connectivity index (χ1) is 12.6. The minimum absolute atomic E-state index is 0.280. The normalized spacial score (nSPS) is 10.4. The van der Waals surface area contributed by atoms with Crippen LogP contribution in [0.4, 0.5) is 15.8 Å². The van der Waals surface area contributed by atoms with Crippen LogP contribution >= 0.6 is 11.6 Å². The molecule has 26 heavy (non-hydrogen) atoms. The van der Waals surface area contributed by atoms with Crippen LogP contribution in [-0.4, -0.2) is 17.4 Å². The summed E-state index contributed by atoms with van der Waals surface area (Å²) in [6.07, 6.45) is 2.38. The van der Waals surface area contributed by atoms with Gasteiger partial charge in [0.2, 0.25) is 0 Å². The molecule has 4 nitrogen and oxygen atoms in total. The van der Waals surface area contributed by atoms with Gasteiger partial charge in [-0.25, -0.2) is 4.39 Å². The smallest absolute Gasteiger partial charge is 0.274 e. The van der Waals surface area contributed by atoms with Gasteiger partial charge in [0.05, 0.1) is 0 Å². The van der Waals surface area contributed by atoms with E-state index in [1.54, 1.807) is 18.3 Å². The van der Waals surface area contributed by atoms with Crippen molar-refractivity contribution >= 4 is 28.9 Å². The highest BCUT2D eigenvalue weighted by molar-refractivity contribution is 6.30. The van der Waals surface area contributed by atoms with Crippen LogP contribution in [0.15, 0.2) is 66.9 Å². The summed E-state index contributed by atoms with van der Waals surface area (Å²) in [5.41, 5.74) is 2.72. The number of rotatable bonds is 6. The molecule has 3 rings (SSSR count). The first kappa shape index (κ1) is 17.9. The molecule has 0 spiro atoms. The summed E-state index contributed by atoms with van der Waals surface area (Å²) in [4.78, 5) is 16.4. The zero-order valence-electron chi connectivity index (χ0n) is 13.9. The maximum atomic E-state index is 12.9. The molecule has 1 amide bonds. The molecular formula is C20H17ClFN3O. The number of anilines is 2. The zero-order valence-corrected chi connectivity index (χ0v) is 14.6. The number of carbonyl (C=O) groups excluding carboxylic acids is 1. The summed E-state index contributed by atoms with van der Waals surface area (Å²) in [6.45, 7) is 0.698. The molecule has 3 aromatic rings. The summed E-state index contributed by atoms with van der Waals surface area (Å²) >= 11 is 5.98. The molecule has 0 aliphatic rings. The molecule has 1 aromatic heterocycles. The summed E-state index contributed by atoms with van der Waals surface area (Å²) in [6, 6.07) is 16.8. The summed E-state index contributed by atoms with van der Waals surface area (Å²) in [5, 5.41) is 6.67. The number of carbonyl (C=O) groups is 1. The average Bonchev–Trinajstić information content (AvgIpc) is 2.64. The molecule has 0 radical (unpaired) electrons. The standard InChI is InChI=1S/C20H17ClFN3O/c21-15-3-1-2-14(12-15)8-10-23-18-9-11-24-19(13-18)20(26)25-17-6-4-16(22)5-7-17/h1-7,9,11-13H,8,10H2,(H,23,24)(H,25,26). The fourth-order valence-corrected chi connectivity index (χ4v) is 2.65. The van der Waals surface area contributed by atoms with E-state index in [0.717, 1.165) is 17.7 Å². The molecule has 0 fully saturated rings. The highest BCUT2D eigenvalue weighted by Gasteiger charge is 2.08. The van der Waals surface area contributed by atoms with Crippen molar-refractivity contribution in [3.05, 3.63) is 89.0 Å². The Bertz CT molecular complexity index is 900. The van der Waals surface area contributed by atoms with Gasteiger partial charge in [-0.3, -0.25) is 9.78 Å². The van der Waals surface area contributed by atoms with Crippen molar-refractivity contribution in [1.82, 2.24) is 4.98 Å². The van der Waals surface area contributed by atoms with E-state index >= 15 is 0 Å². The molecule has 132 valence electrons. The Balaban J connectivity index is 1.58. The van der Waals surface area contributed by atoms with Crippen molar-refractivity contribution in [2.24, 2.45) is 0 Å². The van der Waals surface area contributed by atoms with Gasteiger partial charge in [0, 0.05) is 29.1 Å². The van der Waals surface area contributed by atoms with E-state index in [0.29, 0.717) is 17.3 Å². The number of halogens is 2. The van der Waals surface area contributed by atoms with Crippen LogP contribution in [0.2, 0.25) is 5.02 Å². The Hall–Kier alpha value is -2.92. The highest BCUT2D eigenvalue weighted by atomic mass is 35.5. The minimum atomic E-state index is -0.355. The third-order valence-electron chi connectivity index (χ3n) is 3.73. The Morgan fingerprint density at radius 3 is 2.62 bits per heavy atom. The predicted molar refractivity (Wildman–Crippen MR) is 102 cm³/mol. The maximum absolute atomic E-state index is 12.9. The van der Waals surface area contributed by atoms with Gasteiger partial charge in [-0.05, 0) is 60.5 Å². The topological polar surface area (TPSA) is 54.0 Å². The van der Waals surface area contributed by atoms with Gasteiger partial charge in [-0.15, -0.1) is 0 Å². The molecule has 0 saturated carbocycles. The number of hydrogen-bond donors (Lipinski definition) is 2. The lowest BCUT2D eigenvalue weighted by molar-refractivity contribution is 0.102. The molecule has 2 aromatic carbocycles. The molecule has 0 saturated heterocycles. The number of nitrogens with one attached hydrogen (secondary N) is 2. The SMILES string of the molecule is O=C(Nc1ccc(F)cc1)c1cc(NCCc2cccc(Cl)c2)ccn1. The fourth-order valence-electron chi connectivity index (χ4n) is 2.44. The lowest BCUT2D eigenvalue weighted by Crippen LogP contribution is -2.14. The average molecular weight is 370 g/mol. The Kier molecular flexibility index (Phi) is 5.81. The van der Waals surface area contributed by atoms with Gasteiger partial charge in [-0.2, -0.15) is 0 Å². The van der Waals surface area contributed by atoms with Crippen LogP contribution < -0.4 is 10.6 Å². The minimum Gasteiger partial charge on any atom is -0.385 e. The van der Waals surface area contributed by atoms with Crippen molar-refractivity contribution in [1.29, 1.82) is 0 Å². The Labute approximate surface area is 156 Å². The van der Waals surface area contributed by atoms with E-state index in [9.17, 15) is 9.18 Å². The lowest BCUT2D eigenvalue weighted by atomic mass is 10.1. The maximum Gasteiger partial charge on any atom is 0.274 e. The third kappa shape index (κ3) is 5.04. The van der Waals surface area contributed by atoms with Crippen molar-refractivity contribution in [3.8, 4) is 0 Å². The van der Waals surface area contributed by atoms with Crippen LogP contribution in [0.25, 0.3) is 0 Å². The summed E-state index contributed by atoms with van der Waals surface area (Å²) < 4.78 is 12.9. The van der Waals surface area contributed by atoms with Crippen LogP contribution in [-0.2, 0) is 6.42 Å². The Morgan fingerprint density at radius 1 is 1.04 bits per heavy atom. The molecule has 2 N–H and O–H groups in total. The van der Waals surface area contributed by atoms with Gasteiger partial charge >= 0.3 is 0 Å². The predicted octanol–water partition coefficient (Wildman–Crippen LogP) is 4.78. The van der Waals surface area contributed by atoms with E-state index in [4.69, 9.17) is 11.6 Å². The monoisotopic (exact) mass is 369 g/mol. The largest absolute Gasteiger partial charge is 0.385 e. The van der Waals surface area contributed by atoms with Gasteiger partial charge in [0.25, 0.3) is 5.91 Å². The van der Waals surface area contributed by atoms with Crippen molar-refractivity contribution in [2.75, 3.05) is 17.2 Å². The molecular weight excluding hydrogens is 353 g/mol. The van der Waals surface area contributed by atoms with Crippen molar-refractivity contribution < 1.29 is 9.18 Å². The molecule has 0 aliphatic carbocycles. The first-order valence-corrected chi connectivity index (χ1v) is 8.49. The molecule has 0 bridgehead atoms. The molecule has 0 atom stereocenters. The van der Waals surface area contributed by atoms with Crippen LogP contribution in [0.5, 0.6) is 0 Å². The highest BCUT2D eigenvalue weighted by Crippen LogP contribution is 2.14. The number of amides is 1. The van der Waals surface area contributed by atoms with Gasteiger partial charge < -0.3 is 10.6 Å². The number of benzene rings is 2. The second kappa shape index (κ2) is 8.45. The van der Waals surface area contributed by atoms with Crippen molar-refractivity contribution in [2.45, 2.75) is 6.42 Å². The fraction of sp³-hybridized carbons (Fsp3) is 0.100. The number of aromatic nitrogens is 1. The molecule has 6 heteroatoms. The number of nitrogens with zero attached hydrogens (tertiary/aromatic N) is 1. The van der Waals surface area contributed by atoms with Crippen molar-refractivity contribution in [3.63, 3.8) is 0 Å². The van der Waals surface area contributed by atoms with E-state index in [-0.39, 0.29) is 17.4 Å². The molecule has 1 heterocycles. The molecule has 0 unspecified atom stereocenters. The number of pyridine rings is 1. The quantitative estimate of drug-likeness (QED) is 0.657. The van der Waals surface area contributed by atoms with Gasteiger partial charge in [0.15, 0.2) is 0 Å².